The summed E-state index contributed by atoms with van der Waals surface area (Å²) >= 11 is 6.14. The SMILES string of the molecule is COc1cc(OC)c(NC(=O)CN(C)CC(=O)Nc2ccc(N3CCOCC3)cc2)cc1Cl. The van der Waals surface area contributed by atoms with Gasteiger partial charge in [-0.05, 0) is 37.4 Å². The smallest absolute Gasteiger partial charge is 0.238 e. The van der Waals surface area contributed by atoms with E-state index >= 15 is 0 Å². The fourth-order valence-corrected chi connectivity index (χ4v) is 3.71. The normalized spacial score (nSPS) is 13.5. The quantitative estimate of drug-likeness (QED) is 0.574. The van der Waals surface area contributed by atoms with Crippen LogP contribution in [0.1, 0.15) is 0 Å². The first-order chi connectivity index (χ1) is 15.9. The maximum absolute atomic E-state index is 12.5. The second-order valence-electron chi connectivity index (χ2n) is 7.60. The van der Waals surface area contributed by atoms with Gasteiger partial charge in [-0.15, -0.1) is 0 Å². The zero-order valence-electron chi connectivity index (χ0n) is 19.0. The molecule has 178 valence electrons. The molecule has 0 aliphatic carbocycles. The minimum Gasteiger partial charge on any atom is -0.495 e. The van der Waals surface area contributed by atoms with E-state index in [1.165, 1.54) is 14.2 Å². The first kappa shape index (κ1) is 24.6. The number of rotatable bonds is 9. The molecule has 0 radical (unpaired) electrons. The number of methoxy groups -OCH3 is 2. The molecule has 33 heavy (non-hydrogen) atoms. The molecule has 3 rings (SSSR count). The molecule has 1 aliphatic heterocycles. The van der Waals surface area contributed by atoms with Crippen molar-refractivity contribution in [2.45, 2.75) is 0 Å². The van der Waals surface area contributed by atoms with Gasteiger partial charge in [0.15, 0.2) is 0 Å². The van der Waals surface area contributed by atoms with E-state index in [0.717, 1.165) is 32.0 Å². The van der Waals surface area contributed by atoms with Crippen LogP contribution < -0.4 is 25.0 Å². The second kappa shape index (κ2) is 11.7. The average Bonchev–Trinajstić information content (AvgIpc) is 2.80. The molecule has 10 heteroatoms. The van der Waals surface area contributed by atoms with Crippen LogP contribution >= 0.6 is 11.6 Å². The van der Waals surface area contributed by atoms with Gasteiger partial charge in [0.25, 0.3) is 0 Å². The summed E-state index contributed by atoms with van der Waals surface area (Å²) in [5.74, 6) is 0.345. The highest BCUT2D eigenvalue weighted by Crippen LogP contribution is 2.35. The number of likely N-dealkylation sites (N-methyl/N-ethyl adjacent to an activating group) is 1. The Bertz CT molecular complexity index is 964. The number of benzene rings is 2. The second-order valence-corrected chi connectivity index (χ2v) is 8.01. The number of carbonyl (C=O) groups excluding carboxylic acids is 2. The fourth-order valence-electron chi connectivity index (χ4n) is 3.47. The number of amides is 2. The molecule has 9 nitrogen and oxygen atoms in total. The molecule has 1 heterocycles. The third-order valence-electron chi connectivity index (χ3n) is 5.10. The summed E-state index contributed by atoms with van der Waals surface area (Å²) in [5.41, 5.74) is 2.22. The summed E-state index contributed by atoms with van der Waals surface area (Å²) < 4.78 is 15.8. The Morgan fingerprint density at radius 1 is 1.00 bits per heavy atom. The monoisotopic (exact) mass is 476 g/mol. The van der Waals surface area contributed by atoms with E-state index in [0.29, 0.717) is 27.9 Å². The van der Waals surface area contributed by atoms with Crippen molar-refractivity contribution in [3.8, 4) is 11.5 Å². The van der Waals surface area contributed by atoms with Crippen molar-refractivity contribution >= 4 is 40.5 Å². The molecule has 2 amide bonds. The largest absolute Gasteiger partial charge is 0.495 e. The molecule has 0 spiro atoms. The topological polar surface area (TPSA) is 92.4 Å². The molecule has 2 aromatic carbocycles. The molecular weight excluding hydrogens is 448 g/mol. The molecule has 1 fully saturated rings. The van der Waals surface area contributed by atoms with Gasteiger partial charge in [-0.2, -0.15) is 0 Å². The van der Waals surface area contributed by atoms with Gasteiger partial charge in [0, 0.05) is 30.5 Å². The number of morpholine rings is 1. The van der Waals surface area contributed by atoms with Gasteiger partial charge < -0.3 is 29.7 Å². The average molecular weight is 477 g/mol. The maximum Gasteiger partial charge on any atom is 0.238 e. The Morgan fingerprint density at radius 3 is 2.21 bits per heavy atom. The molecule has 0 bridgehead atoms. The number of nitrogens with zero attached hydrogens (tertiary/aromatic N) is 2. The number of carbonyl (C=O) groups is 2. The van der Waals surface area contributed by atoms with Gasteiger partial charge in [-0.25, -0.2) is 0 Å². The Kier molecular flexibility index (Phi) is 8.76. The van der Waals surface area contributed by atoms with Gasteiger partial charge in [-0.1, -0.05) is 11.6 Å². The van der Waals surface area contributed by atoms with Gasteiger partial charge in [0.2, 0.25) is 11.8 Å². The maximum atomic E-state index is 12.5. The summed E-state index contributed by atoms with van der Waals surface area (Å²) in [4.78, 5) is 28.7. The molecule has 1 saturated heterocycles. The van der Waals surface area contributed by atoms with Gasteiger partial charge in [0.1, 0.15) is 11.5 Å². The first-order valence-electron chi connectivity index (χ1n) is 10.5. The third kappa shape index (κ3) is 6.98. The molecule has 0 unspecified atom stereocenters. The fraction of sp³-hybridized carbons (Fsp3) is 0.391. The summed E-state index contributed by atoms with van der Waals surface area (Å²) in [7, 11) is 4.68. The third-order valence-corrected chi connectivity index (χ3v) is 5.40. The molecule has 0 saturated carbocycles. The minimum absolute atomic E-state index is 0.0101. The van der Waals surface area contributed by atoms with Crippen molar-refractivity contribution in [1.29, 1.82) is 0 Å². The Hall–Kier alpha value is -3.01. The van der Waals surface area contributed by atoms with E-state index in [4.69, 9.17) is 25.8 Å². The molecule has 2 N–H and O–H groups in total. The highest BCUT2D eigenvalue weighted by molar-refractivity contribution is 6.32. The van der Waals surface area contributed by atoms with Crippen molar-refractivity contribution < 1.29 is 23.8 Å². The minimum atomic E-state index is -0.306. The van der Waals surface area contributed by atoms with Crippen molar-refractivity contribution in [1.82, 2.24) is 4.90 Å². The van der Waals surface area contributed by atoms with E-state index in [9.17, 15) is 9.59 Å². The summed E-state index contributed by atoms with van der Waals surface area (Å²) in [5, 5.41) is 5.96. The van der Waals surface area contributed by atoms with Crippen LogP contribution in [0, 0.1) is 0 Å². The number of anilines is 3. The Morgan fingerprint density at radius 2 is 1.61 bits per heavy atom. The van der Waals surface area contributed by atoms with Crippen molar-refractivity contribution in [3.63, 3.8) is 0 Å². The lowest BCUT2D eigenvalue weighted by Crippen LogP contribution is -2.36. The van der Waals surface area contributed by atoms with E-state index < -0.39 is 0 Å². The van der Waals surface area contributed by atoms with Gasteiger partial charge >= 0.3 is 0 Å². The lowest BCUT2D eigenvalue weighted by molar-refractivity contribution is -0.119. The number of nitrogens with one attached hydrogen (secondary N) is 2. The van der Waals surface area contributed by atoms with Crippen LogP contribution in [0.15, 0.2) is 36.4 Å². The standard InChI is InChI=1S/C23H29ClN4O5/c1-27(15-23(30)26-19-12-18(24)20(31-2)13-21(19)32-3)14-22(29)25-16-4-6-17(7-5-16)28-8-10-33-11-9-28/h4-7,12-13H,8-11,14-15H2,1-3H3,(H,25,29)(H,26,30). The number of hydrogen-bond acceptors (Lipinski definition) is 7. The van der Waals surface area contributed by atoms with Crippen LogP contribution in [-0.4, -0.2) is 77.4 Å². The van der Waals surface area contributed by atoms with Crippen LogP contribution in [0.5, 0.6) is 11.5 Å². The van der Waals surface area contributed by atoms with Crippen LogP contribution in [0.4, 0.5) is 17.1 Å². The Labute approximate surface area is 198 Å². The van der Waals surface area contributed by atoms with Crippen molar-refractivity contribution in [2.24, 2.45) is 0 Å². The number of hydrogen-bond donors (Lipinski definition) is 2. The zero-order valence-corrected chi connectivity index (χ0v) is 19.8. The number of halogens is 1. The zero-order chi connectivity index (χ0) is 23.8. The lowest BCUT2D eigenvalue weighted by Gasteiger charge is -2.28. The highest BCUT2D eigenvalue weighted by Gasteiger charge is 2.16. The molecule has 0 atom stereocenters. The van der Waals surface area contributed by atoms with Crippen LogP contribution in [0.2, 0.25) is 5.02 Å². The molecule has 2 aromatic rings. The first-order valence-corrected chi connectivity index (χ1v) is 10.9. The lowest BCUT2D eigenvalue weighted by atomic mass is 10.2. The van der Waals surface area contributed by atoms with Crippen LogP contribution in [0.25, 0.3) is 0 Å². The highest BCUT2D eigenvalue weighted by atomic mass is 35.5. The molecular formula is C23H29ClN4O5. The summed E-state index contributed by atoms with van der Waals surface area (Å²) in [6, 6.07) is 10.9. The summed E-state index contributed by atoms with van der Waals surface area (Å²) in [6.45, 7) is 3.21. The van der Waals surface area contributed by atoms with E-state index in [2.05, 4.69) is 15.5 Å². The predicted octanol–water partition coefficient (Wildman–Crippen LogP) is 2.70. The van der Waals surface area contributed by atoms with Crippen molar-refractivity contribution in [3.05, 3.63) is 41.4 Å². The van der Waals surface area contributed by atoms with Gasteiger partial charge in [-0.3, -0.25) is 14.5 Å². The van der Waals surface area contributed by atoms with Gasteiger partial charge in [0.05, 0.1) is 51.2 Å². The van der Waals surface area contributed by atoms with E-state index in [1.807, 2.05) is 24.3 Å². The number of ether oxygens (including phenoxy) is 3. The van der Waals surface area contributed by atoms with Crippen LogP contribution in [0.3, 0.4) is 0 Å². The molecule has 1 aliphatic rings. The van der Waals surface area contributed by atoms with E-state index in [-0.39, 0.29) is 24.9 Å². The Balaban J connectivity index is 1.49. The summed E-state index contributed by atoms with van der Waals surface area (Å²) in [6.07, 6.45) is 0. The van der Waals surface area contributed by atoms with E-state index in [1.54, 1.807) is 24.1 Å². The predicted molar refractivity (Wildman–Crippen MR) is 129 cm³/mol. The molecule has 0 aromatic heterocycles. The van der Waals surface area contributed by atoms with Crippen molar-refractivity contribution in [2.75, 3.05) is 76.2 Å². The van der Waals surface area contributed by atoms with Crippen LogP contribution in [-0.2, 0) is 14.3 Å².